The lowest BCUT2D eigenvalue weighted by atomic mass is 10.1. The average Bonchev–Trinajstić information content (AvgIpc) is 2.97. The Morgan fingerprint density at radius 2 is 2.15 bits per heavy atom. The molecule has 27 heavy (non-hydrogen) atoms. The van der Waals surface area contributed by atoms with Crippen LogP contribution in [0.2, 0.25) is 5.02 Å². The molecular formula is C19H24ClNO5S. The van der Waals surface area contributed by atoms with Crippen LogP contribution < -0.4 is 0 Å². The minimum Gasteiger partial charge on any atom is -0.452 e. The lowest BCUT2D eigenvalue weighted by Gasteiger charge is -2.33. The highest BCUT2D eigenvalue weighted by Crippen LogP contribution is 2.21. The lowest BCUT2D eigenvalue weighted by Crippen LogP contribution is -2.48. The molecular weight excluding hydrogens is 390 g/mol. The molecule has 0 bridgehead atoms. The monoisotopic (exact) mass is 413 g/mol. The maximum atomic E-state index is 12.6. The minimum absolute atomic E-state index is 0.0360. The zero-order valence-electron chi connectivity index (χ0n) is 15.4. The van der Waals surface area contributed by atoms with Crippen molar-refractivity contribution in [1.29, 1.82) is 0 Å². The summed E-state index contributed by atoms with van der Waals surface area (Å²) in [6.45, 7) is 3.37. The molecule has 0 aromatic heterocycles. The predicted molar refractivity (Wildman–Crippen MR) is 105 cm³/mol. The molecule has 1 amide bonds. The highest BCUT2D eigenvalue weighted by Gasteiger charge is 2.36. The van der Waals surface area contributed by atoms with E-state index in [1.165, 1.54) is 6.08 Å². The topological polar surface area (TPSA) is 80.8 Å². The minimum atomic E-state index is -3.11. The van der Waals surface area contributed by atoms with Gasteiger partial charge in [0.15, 0.2) is 16.4 Å². The first-order valence-corrected chi connectivity index (χ1v) is 11.0. The number of carbonyl (C=O) groups is 2. The standard InChI is InChI=1S/C19H24ClNO5S/c1-3-14(2)21(17-9-10-27(24,25)13-17)18(22)12-26-19(23)8-7-15-5-4-6-16(20)11-15/h4-8,11,14,17H,3,9-10,12-13H2,1-2H3/b8-7+/t14-,17+/m1/s1. The molecule has 1 heterocycles. The number of sulfone groups is 1. The summed E-state index contributed by atoms with van der Waals surface area (Å²) in [5.41, 5.74) is 0.739. The molecule has 1 fully saturated rings. The van der Waals surface area contributed by atoms with Crippen LogP contribution in [0.3, 0.4) is 0 Å². The van der Waals surface area contributed by atoms with E-state index in [1.54, 1.807) is 35.2 Å². The zero-order chi connectivity index (χ0) is 20.0. The summed E-state index contributed by atoms with van der Waals surface area (Å²) in [5.74, 6) is -0.978. The Hall–Kier alpha value is -1.86. The van der Waals surface area contributed by atoms with Crippen molar-refractivity contribution in [3.05, 3.63) is 40.9 Å². The third-order valence-electron chi connectivity index (χ3n) is 4.55. The molecule has 1 aliphatic rings. The van der Waals surface area contributed by atoms with Gasteiger partial charge in [-0.25, -0.2) is 13.2 Å². The summed E-state index contributed by atoms with van der Waals surface area (Å²) in [5, 5.41) is 0.552. The van der Waals surface area contributed by atoms with E-state index in [0.29, 0.717) is 17.9 Å². The number of nitrogens with zero attached hydrogens (tertiary/aromatic N) is 1. The largest absolute Gasteiger partial charge is 0.452 e. The second-order valence-corrected chi connectivity index (χ2v) is 9.28. The Kier molecular flexibility index (Phi) is 7.44. The number of hydrogen-bond donors (Lipinski definition) is 0. The van der Waals surface area contributed by atoms with Crippen LogP contribution in [0.1, 0.15) is 32.3 Å². The fraction of sp³-hybridized carbons (Fsp3) is 0.474. The maximum Gasteiger partial charge on any atom is 0.331 e. The Morgan fingerprint density at radius 1 is 1.41 bits per heavy atom. The second-order valence-electron chi connectivity index (χ2n) is 6.61. The van der Waals surface area contributed by atoms with E-state index >= 15 is 0 Å². The summed E-state index contributed by atoms with van der Waals surface area (Å²) in [7, 11) is -3.11. The summed E-state index contributed by atoms with van der Waals surface area (Å²) in [4.78, 5) is 26.0. The molecule has 1 aromatic carbocycles. The molecule has 0 aliphatic carbocycles. The molecule has 0 radical (unpaired) electrons. The van der Waals surface area contributed by atoms with Gasteiger partial charge in [0.05, 0.1) is 11.5 Å². The Morgan fingerprint density at radius 3 is 2.74 bits per heavy atom. The molecule has 8 heteroatoms. The first-order chi connectivity index (χ1) is 12.7. The Labute approximate surface area is 165 Å². The number of esters is 1. The molecule has 0 spiro atoms. The van der Waals surface area contributed by atoms with E-state index in [4.69, 9.17) is 16.3 Å². The first-order valence-electron chi connectivity index (χ1n) is 8.84. The number of hydrogen-bond acceptors (Lipinski definition) is 5. The smallest absolute Gasteiger partial charge is 0.331 e. The fourth-order valence-corrected chi connectivity index (χ4v) is 4.94. The van der Waals surface area contributed by atoms with Crippen molar-refractivity contribution >= 4 is 39.4 Å². The number of benzene rings is 1. The van der Waals surface area contributed by atoms with Crippen LogP contribution in [-0.2, 0) is 24.2 Å². The number of amides is 1. The van der Waals surface area contributed by atoms with E-state index in [-0.39, 0.29) is 29.5 Å². The van der Waals surface area contributed by atoms with Gasteiger partial charge in [-0.2, -0.15) is 0 Å². The van der Waals surface area contributed by atoms with E-state index in [0.717, 1.165) is 5.56 Å². The molecule has 0 unspecified atom stereocenters. The number of carbonyl (C=O) groups excluding carboxylic acids is 2. The van der Waals surface area contributed by atoms with Crippen LogP contribution in [0.25, 0.3) is 6.08 Å². The zero-order valence-corrected chi connectivity index (χ0v) is 17.0. The van der Waals surface area contributed by atoms with Crippen LogP contribution in [-0.4, -0.2) is 55.4 Å². The van der Waals surface area contributed by atoms with Crippen molar-refractivity contribution in [3.63, 3.8) is 0 Å². The maximum absolute atomic E-state index is 12.6. The summed E-state index contributed by atoms with van der Waals surface area (Å²) in [6, 6.07) is 6.47. The van der Waals surface area contributed by atoms with Gasteiger partial charge in [0.2, 0.25) is 0 Å². The van der Waals surface area contributed by atoms with Crippen molar-refractivity contribution in [2.75, 3.05) is 18.1 Å². The number of rotatable bonds is 7. The summed E-state index contributed by atoms with van der Waals surface area (Å²) < 4.78 is 28.5. The highest BCUT2D eigenvalue weighted by molar-refractivity contribution is 7.91. The van der Waals surface area contributed by atoms with Crippen LogP contribution in [0.5, 0.6) is 0 Å². The third-order valence-corrected chi connectivity index (χ3v) is 6.54. The van der Waals surface area contributed by atoms with Crippen LogP contribution in [0.15, 0.2) is 30.3 Å². The van der Waals surface area contributed by atoms with Crippen molar-refractivity contribution in [2.45, 2.75) is 38.8 Å². The van der Waals surface area contributed by atoms with Crippen molar-refractivity contribution < 1.29 is 22.7 Å². The van der Waals surface area contributed by atoms with Crippen LogP contribution in [0.4, 0.5) is 0 Å². The van der Waals surface area contributed by atoms with Crippen LogP contribution >= 0.6 is 11.6 Å². The molecule has 148 valence electrons. The van der Waals surface area contributed by atoms with Gasteiger partial charge in [-0.05, 0) is 43.5 Å². The normalized spacial score (nSPS) is 19.7. The molecule has 1 aliphatic heterocycles. The molecule has 1 saturated heterocycles. The van der Waals surface area contributed by atoms with Gasteiger partial charge in [-0.15, -0.1) is 0 Å². The second kappa shape index (κ2) is 9.37. The van der Waals surface area contributed by atoms with Gasteiger partial charge >= 0.3 is 5.97 Å². The molecule has 2 rings (SSSR count). The van der Waals surface area contributed by atoms with Crippen molar-refractivity contribution in [3.8, 4) is 0 Å². The molecule has 1 aromatic rings. The number of halogens is 1. The first kappa shape index (κ1) is 21.4. The van der Waals surface area contributed by atoms with Gasteiger partial charge in [0.25, 0.3) is 5.91 Å². The average molecular weight is 414 g/mol. The highest BCUT2D eigenvalue weighted by atomic mass is 35.5. The van der Waals surface area contributed by atoms with Crippen LogP contribution in [0, 0.1) is 0 Å². The van der Waals surface area contributed by atoms with Crippen molar-refractivity contribution in [1.82, 2.24) is 4.90 Å². The fourth-order valence-electron chi connectivity index (χ4n) is 3.03. The van der Waals surface area contributed by atoms with Crippen molar-refractivity contribution in [2.24, 2.45) is 0 Å². The van der Waals surface area contributed by atoms with Gasteiger partial charge in [0, 0.05) is 23.2 Å². The van der Waals surface area contributed by atoms with E-state index < -0.39 is 22.4 Å². The molecule has 2 atom stereocenters. The molecule has 6 nitrogen and oxygen atoms in total. The Balaban J connectivity index is 1.95. The van der Waals surface area contributed by atoms with E-state index in [1.807, 2.05) is 13.8 Å². The van der Waals surface area contributed by atoms with Gasteiger partial charge in [-0.1, -0.05) is 30.7 Å². The molecule has 0 saturated carbocycles. The van der Waals surface area contributed by atoms with Gasteiger partial charge in [0.1, 0.15) is 0 Å². The lowest BCUT2D eigenvalue weighted by molar-refractivity contribution is -0.150. The van der Waals surface area contributed by atoms with E-state index in [2.05, 4.69) is 0 Å². The molecule has 0 N–H and O–H groups in total. The Bertz CT molecular complexity index is 821. The summed E-state index contributed by atoms with van der Waals surface area (Å²) in [6.07, 6.45) is 3.88. The van der Waals surface area contributed by atoms with Gasteiger partial charge < -0.3 is 9.64 Å². The quantitative estimate of drug-likeness (QED) is 0.507. The van der Waals surface area contributed by atoms with Gasteiger partial charge in [-0.3, -0.25) is 4.79 Å². The predicted octanol–water partition coefficient (Wildman–Crippen LogP) is 2.71. The summed E-state index contributed by atoms with van der Waals surface area (Å²) >= 11 is 5.88. The van der Waals surface area contributed by atoms with E-state index in [9.17, 15) is 18.0 Å². The SMILES string of the molecule is CC[C@@H](C)N(C(=O)COC(=O)/C=C/c1cccc(Cl)c1)[C@H]1CCS(=O)(=O)C1. The number of ether oxygens (including phenoxy) is 1. The third kappa shape index (κ3) is 6.36.